The van der Waals surface area contributed by atoms with E-state index in [1.54, 1.807) is 6.07 Å². The highest BCUT2D eigenvalue weighted by Crippen LogP contribution is 2.33. The van der Waals surface area contributed by atoms with Crippen molar-refractivity contribution in [1.82, 2.24) is 4.98 Å². The summed E-state index contributed by atoms with van der Waals surface area (Å²) in [4.78, 5) is 6.71. The zero-order chi connectivity index (χ0) is 21.9. The van der Waals surface area contributed by atoms with Gasteiger partial charge in [0.25, 0.3) is 0 Å². The molecule has 3 nitrogen and oxygen atoms in total. The maximum Gasteiger partial charge on any atom is 0.138 e. The van der Waals surface area contributed by atoms with E-state index in [9.17, 15) is 5.11 Å². The van der Waals surface area contributed by atoms with Crippen LogP contribution in [-0.2, 0) is 23.9 Å². The second kappa shape index (κ2) is 8.51. The van der Waals surface area contributed by atoms with Gasteiger partial charge in [-0.2, -0.15) is 0 Å². The monoisotopic (exact) mass is 402 g/mol. The number of rotatable bonds is 5. The molecule has 0 aliphatic rings. The molecule has 3 heteroatoms. The third-order valence-electron chi connectivity index (χ3n) is 5.40. The van der Waals surface area contributed by atoms with Crippen molar-refractivity contribution in [2.24, 2.45) is 0 Å². The van der Waals surface area contributed by atoms with Crippen LogP contribution in [-0.4, -0.2) is 10.1 Å². The van der Waals surface area contributed by atoms with Gasteiger partial charge < -0.3 is 10.0 Å². The molecule has 0 spiro atoms. The second-order valence-electron chi connectivity index (χ2n) is 10.1. The standard InChI is InChI=1S/C27H34N2O/c1-26(2,3)21-15-20(16-22(17-21)27(4,5)6)18-29(19-23-11-9-10-14-28-23)24-12-7-8-13-25(24)30/h7-17,30H,18-19H2,1-6H3. The van der Waals surface area contributed by atoms with Crippen molar-refractivity contribution < 1.29 is 5.11 Å². The summed E-state index contributed by atoms with van der Waals surface area (Å²) in [7, 11) is 0. The molecule has 0 fully saturated rings. The minimum Gasteiger partial charge on any atom is -0.506 e. The predicted molar refractivity (Wildman–Crippen MR) is 126 cm³/mol. The second-order valence-corrected chi connectivity index (χ2v) is 10.1. The summed E-state index contributed by atoms with van der Waals surface area (Å²) in [6.45, 7) is 14.9. The lowest BCUT2D eigenvalue weighted by atomic mass is 9.79. The third-order valence-corrected chi connectivity index (χ3v) is 5.40. The number of para-hydroxylation sites is 2. The SMILES string of the molecule is CC(C)(C)c1cc(CN(Cc2ccccn2)c2ccccc2O)cc(C(C)(C)C)c1. The van der Waals surface area contributed by atoms with Crippen LogP contribution >= 0.6 is 0 Å². The Hall–Kier alpha value is -2.81. The van der Waals surface area contributed by atoms with E-state index in [-0.39, 0.29) is 16.6 Å². The van der Waals surface area contributed by atoms with Crippen molar-refractivity contribution >= 4 is 5.69 Å². The van der Waals surface area contributed by atoms with Gasteiger partial charge in [0.1, 0.15) is 5.75 Å². The summed E-state index contributed by atoms with van der Waals surface area (Å²) in [5.41, 5.74) is 5.84. The Labute approximate surface area is 181 Å². The summed E-state index contributed by atoms with van der Waals surface area (Å²) < 4.78 is 0. The van der Waals surface area contributed by atoms with Gasteiger partial charge in [0.15, 0.2) is 0 Å². The number of hydrogen-bond acceptors (Lipinski definition) is 3. The van der Waals surface area contributed by atoms with Crippen LogP contribution < -0.4 is 4.90 Å². The average molecular weight is 403 g/mol. The highest BCUT2D eigenvalue weighted by atomic mass is 16.3. The van der Waals surface area contributed by atoms with Crippen molar-refractivity contribution in [3.05, 3.63) is 89.2 Å². The maximum absolute atomic E-state index is 10.5. The Balaban J connectivity index is 2.04. The smallest absolute Gasteiger partial charge is 0.138 e. The van der Waals surface area contributed by atoms with E-state index < -0.39 is 0 Å². The molecule has 1 N–H and O–H groups in total. The largest absolute Gasteiger partial charge is 0.506 e. The van der Waals surface area contributed by atoms with Crippen LogP contribution in [0.1, 0.15) is 63.9 Å². The Bertz CT molecular complexity index is 949. The fourth-order valence-electron chi connectivity index (χ4n) is 3.51. The molecular formula is C27H34N2O. The fraction of sp³-hybridized carbons (Fsp3) is 0.370. The van der Waals surface area contributed by atoms with Crippen LogP contribution in [0.15, 0.2) is 66.9 Å². The Morgan fingerprint density at radius 2 is 1.37 bits per heavy atom. The summed E-state index contributed by atoms with van der Waals surface area (Å²) in [5, 5.41) is 10.5. The number of aromatic nitrogens is 1. The molecular weight excluding hydrogens is 368 g/mol. The molecule has 0 saturated carbocycles. The normalized spacial score (nSPS) is 12.1. The van der Waals surface area contributed by atoms with Gasteiger partial charge in [0, 0.05) is 12.7 Å². The zero-order valence-electron chi connectivity index (χ0n) is 19.1. The number of aromatic hydroxyl groups is 1. The molecule has 0 saturated heterocycles. The molecule has 30 heavy (non-hydrogen) atoms. The van der Waals surface area contributed by atoms with Crippen LogP contribution in [0.4, 0.5) is 5.69 Å². The maximum atomic E-state index is 10.5. The van der Waals surface area contributed by atoms with Gasteiger partial charge in [-0.1, -0.05) is 77.9 Å². The molecule has 2 aromatic carbocycles. The predicted octanol–water partition coefficient (Wildman–Crippen LogP) is 6.59. The van der Waals surface area contributed by atoms with Gasteiger partial charge in [-0.25, -0.2) is 0 Å². The minimum atomic E-state index is 0.0662. The summed E-state index contributed by atoms with van der Waals surface area (Å²) >= 11 is 0. The van der Waals surface area contributed by atoms with Crippen LogP contribution in [0.5, 0.6) is 5.75 Å². The fourth-order valence-corrected chi connectivity index (χ4v) is 3.51. The van der Waals surface area contributed by atoms with E-state index in [1.165, 1.54) is 16.7 Å². The van der Waals surface area contributed by atoms with Crippen molar-refractivity contribution in [1.29, 1.82) is 0 Å². The molecule has 0 aliphatic heterocycles. The first-order chi connectivity index (χ1) is 14.0. The molecule has 1 heterocycles. The van der Waals surface area contributed by atoms with E-state index >= 15 is 0 Å². The Kier molecular flexibility index (Phi) is 6.21. The number of benzene rings is 2. The van der Waals surface area contributed by atoms with E-state index in [4.69, 9.17) is 0 Å². The molecule has 0 radical (unpaired) electrons. The van der Waals surface area contributed by atoms with Crippen LogP contribution in [0.2, 0.25) is 0 Å². The lowest BCUT2D eigenvalue weighted by Crippen LogP contribution is -2.24. The van der Waals surface area contributed by atoms with Gasteiger partial charge in [-0.15, -0.1) is 0 Å². The number of anilines is 1. The van der Waals surface area contributed by atoms with Gasteiger partial charge in [-0.05, 0) is 51.8 Å². The number of nitrogens with zero attached hydrogens (tertiary/aromatic N) is 2. The van der Waals surface area contributed by atoms with Crippen LogP contribution in [0, 0.1) is 0 Å². The molecule has 3 rings (SSSR count). The number of phenols is 1. The molecule has 1 aromatic heterocycles. The molecule has 0 aliphatic carbocycles. The van der Waals surface area contributed by atoms with Gasteiger partial charge in [0.2, 0.25) is 0 Å². The topological polar surface area (TPSA) is 36.4 Å². The first-order valence-electron chi connectivity index (χ1n) is 10.6. The average Bonchev–Trinajstić information content (AvgIpc) is 2.67. The molecule has 158 valence electrons. The Morgan fingerprint density at radius 1 is 0.767 bits per heavy atom. The van der Waals surface area contributed by atoms with E-state index in [0.29, 0.717) is 13.1 Å². The highest BCUT2D eigenvalue weighted by molar-refractivity contribution is 5.58. The Morgan fingerprint density at radius 3 is 1.90 bits per heavy atom. The highest BCUT2D eigenvalue weighted by Gasteiger charge is 2.22. The van der Waals surface area contributed by atoms with Gasteiger partial charge in [0.05, 0.1) is 17.9 Å². The first-order valence-corrected chi connectivity index (χ1v) is 10.6. The summed E-state index contributed by atoms with van der Waals surface area (Å²) in [6.07, 6.45) is 1.82. The van der Waals surface area contributed by atoms with Gasteiger partial charge in [-0.3, -0.25) is 4.98 Å². The summed E-state index contributed by atoms with van der Waals surface area (Å²) in [6, 6.07) is 20.4. The van der Waals surface area contributed by atoms with E-state index in [2.05, 4.69) is 69.6 Å². The molecule has 0 unspecified atom stereocenters. The van der Waals surface area contributed by atoms with Gasteiger partial charge >= 0.3 is 0 Å². The van der Waals surface area contributed by atoms with Crippen molar-refractivity contribution in [3.63, 3.8) is 0 Å². The number of hydrogen-bond donors (Lipinski definition) is 1. The van der Waals surface area contributed by atoms with Crippen molar-refractivity contribution in [2.75, 3.05) is 4.90 Å². The number of pyridine rings is 1. The van der Waals surface area contributed by atoms with Crippen LogP contribution in [0.25, 0.3) is 0 Å². The molecule has 0 atom stereocenters. The molecule has 0 bridgehead atoms. The van der Waals surface area contributed by atoms with E-state index in [0.717, 1.165) is 11.4 Å². The lowest BCUT2D eigenvalue weighted by Gasteiger charge is -2.29. The van der Waals surface area contributed by atoms with E-state index in [1.807, 2.05) is 42.6 Å². The first kappa shape index (κ1) is 21.9. The minimum absolute atomic E-state index is 0.0662. The van der Waals surface area contributed by atoms with Crippen molar-refractivity contribution in [3.8, 4) is 5.75 Å². The van der Waals surface area contributed by atoms with Crippen molar-refractivity contribution in [2.45, 2.75) is 65.5 Å². The lowest BCUT2D eigenvalue weighted by molar-refractivity contribution is 0.473. The quantitative estimate of drug-likeness (QED) is 0.523. The number of phenolic OH excluding ortho intramolecular Hbond substituents is 1. The molecule has 3 aromatic rings. The summed E-state index contributed by atoms with van der Waals surface area (Å²) in [5.74, 6) is 0.288. The molecule has 0 amide bonds. The van der Waals surface area contributed by atoms with Crippen LogP contribution in [0.3, 0.4) is 0 Å². The third kappa shape index (κ3) is 5.41. The zero-order valence-corrected chi connectivity index (χ0v) is 19.1.